The quantitative estimate of drug-likeness (QED) is 0.822. The SMILES string of the molecule is CNC1CCCCC1c1ccc(C(C)(C)C)cc1. The van der Waals surface area contributed by atoms with E-state index in [2.05, 4.69) is 57.4 Å². The van der Waals surface area contributed by atoms with Crippen LogP contribution in [0.25, 0.3) is 0 Å². The molecule has 1 N–H and O–H groups in total. The molecular weight excluding hydrogens is 218 g/mol. The summed E-state index contributed by atoms with van der Waals surface area (Å²) in [6.07, 6.45) is 5.41. The third kappa shape index (κ3) is 2.95. The monoisotopic (exact) mass is 245 g/mol. The zero-order valence-corrected chi connectivity index (χ0v) is 12.3. The molecular formula is C17H27N. The molecule has 0 amide bonds. The molecule has 100 valence electrons. The molecule has 18 heavy (non-hydrogen) atoms. The van der Waals surface area contributed by atoms with Crippen molar-refractivity contribution in [2.75, 3.05) is 7.05 Å². The average Bonchev–Trinajstić information content (AvgIpc) is 2.38. The van der Waals surface area contributed by atoms with Gasteiger partial charge in [0.25, 0.3) is 0 Å². The minimum atomic E-state index is 0.257. The second-order valence-corrected chi connectivity index (χ2v) is 6.66. The van der Waals surface area contributed by atoms with Crippen LogP contribution in [0.1, 0.15) is 63.5 Å². The van der Waals surface area contributed by atoms with Gasteiger partial charge in [0.15, 0.2) is 0 Å². The van der Waals surface area contributed by atoms with Crippen molar-refractivity contribution in [3.05, 3.63) is 35.4 Å². The Hall–Kier alpha value is -0.820. The normalized spacial score (nSPS) is 25.1. The zero-order valence-electron chi connectivity index (χ0n) is 12.3. The van der Waals surface area contributed by atoms with Gasteiger partial charge in [-0.25, -0.2) is 0 Å². The van der Waals surface area contributed by atoms with Gasteiger partial charge in [0.2, 0.25) is 0 Å². The van der Waals surface area contributed by atoms with Crippen molar-refractivity contribution in [2.24, 2.45) is 0 Å². The van der Waals surface area contributed by atoms with Crippen molar-refractivity contribution in [1.29, 1.82) is 0 Å². The lowest BCUT2D eigenvalue weighted by atomic mass is 9.78. The molecule has 0 bridgehead atoms. The molecule has 0 aliphatic heterocycles. The maximum absolute atomic E-state index is 3.50. The standard InChI is InChI=1S/C17H27N/c1-17(2,3)14-11-9-13(10-12-14)15-7-5-6-8-16(15)18-4/h9-12,15-16,18H,5-8H2,1-4H3. The lowest BCUT2D eigenvalue weighted by Gasteiger charge is -2.32. The molecule has 1 aromatic rings. The lowest BCUT2D eigenvalue weighted by Crippen LogP contribution is -2.34. The van der Waals surface area contributed by atoms with Crippen molar-refractivity contribution in [3.8, 4) is 0 Å². The highest BCUT2D eigenvalue weighted by Gasteiger charge is 2.25. The van der Waals surface area contributed by atoms with Gasteiger partial charge in [-0.3, -0.25) is 0 Å². The van der Waals surface area contributed by atoms with Crippen LogP contribution in [-0.4, -0.2) is 13.1 Å². The molecule has 1 nitrogen and oxygen atoms in total. The summed E-state index contributed by atoms with van der Waals surface area (Å²) in [6.45, 7) is 6.83. The fourth-order valence-corrected chi connectivity index (χ4v) is 3.11. The third-order valence-electron chi connectivity index (χ3n) is 4.34. The van der Waals surface area contributed by atoms with E-state index in [9.17, 15) is 0 Å². The first-order valence-corrected chi connectivity index (χ1v) is 7.30. The molecule has 1 aliphatic rings. The Kier molecular flexibility index (Phi) is 4.11. The second-order valence-electron chi connectivity index (χ2n) is 6.66. The zero-order chi connectivity index (χ0) is 13.2. The van der Waals surface area contributed by atoms with Crippen molar-refractivity contribution < 1.29 is 0 Å². The van der Waals surface area contributed by atoms with Gasteiger partial charge in [-0.15, -0.1) is 0 Å². The maximum Gasteiger partial charge on any atom is 0.0133 e. The Bertz CT molecular complexity index is 372. The van der Waals surface area contributed by atoms with Crippen LogP contribution < -0.4 is 5.32 Å². The van der Waals surface area contributed by atoms with Gasteiger partial charge in [0.1, 0.15) is 0 Å². The summed E-state index contributed by atoms with van der Waals surface area (Å²) in [5, 5.41) is 3.50. The van der Waals surface area contributed by atoms with Crippen molar-refractivity contribution in [1.82, 2.24) is 5.32 Å². The summed E-state index contributed by atoms with van der Waals surface area (Å²) in [4.78, 5) is 0. The van der Waals surface area contributed by atoms with Gasteiger partial charge in [0, 0.05) is 6.04 Å². The molecule has 1 saturated carbocycles. The van der Waals surface area contributed by atoms with Crippen LogP contribution in [-0.2, 0) is 5.41 Å². The van der Waals surface area contributed by atoms with Crippen LogP contribution >= 0.6 is 0 Å². The van der Waals surface area contributed by atoms with E-state index < -0.39 is 0 Å². The molecule has 0 aromatic heterocycles. The number of benzene rings is 1. The molecule has 2 rings (SSSR count). The number of rotatable bonds is 2. The molecule has 2 atom stereocenters. The van der Waals surface area contributed by atoms with E-state index in [1.165, 1.54) is 36.8 Å². The van der Waals surface area contributed by atoms with Crippen molar-refractivity contribution in [2.45, 2.75) is 63.8 Å². The summed E-state index contributed by atoms with van der Waals surface area (Å²) in [5.74, 6) is 0.706. The summed E-state index contributed by atoms with van der Waals surface area (Å²) < 4.78 is 0. The predicted molar refractivity (Wildman–Crippen MR) is 79.2 cm³/mol. The molecule has 0 spiro atoms. The van der Waals surface area contributed by atoms with E-state index >= 15 is 0 Å². The molecule has 1 aromatic carbocycles. The van der Waals surface area contributed by atoms with Crippen LogP contribution in [0.3, 0.4) is 0 Å². The minimum Gasteiger partial charge on any atom is -0.316 e. The third-order valence-corrected chi connectivity index (χ3v) is 4.34. The van der Waals surface area contributed by atoms with Crippen LogP contribution in [0.2, 0.25) is 0 Å². The van der Waals surface area contributed by atoms with Crippen LogP contribution in [0.5, 0.6) is 0 Å². The van der Waals surface area contributed by atoms with Crippen LogP contribution in [0.4, 0.5) is 0 Å². The van der Waals surface area contributed by atoms with Crippen LogP contribution in [0.15, 0.2) is 24.3 Å². The minimum absolute atomic E-state index is 0.257. The van der Waals surface area contributed by atoms with Gasteiger partial charge in [-0.05, 0) is 42.3 Å². The topological polar surface area (TPSA) is 12.0 Å². The van der Waals surface area contributed by atoms with E-state index in [-0.39, 0.29) is 5.41 Å². The Labute approximate surface area is 112 Å². The fourth-order valence-electron chi connectivity index (χ4n) is 3.11. The van der Waals surface area contributed by atoms with Gasteiger partial charge in [0.05, 0.1) is 0 Å². The average molecular weight is 245 g/mol. The van der Waals surface area contributed by atoms with E-state index in [4.69, 9.17) is 0 Å². The molecule has 0 heterocycles. The Morgan fingerprint density at radius 2 is 1.61 bits per heavy atom. The highest BCUT2D eigenvalue weighted by Crippen LogP contribution is 2.34. The number of likely N-dealkylation sites (N-methyl/N-ethyl adjacent to an activating group) is 1. The Morgan fingerprint density at radius 1 is 1.00 bits per heavy atom. The van der Waals surface area contributed by atoms with Gasteiger partial charge < -0.3 is 5.32 Å². The first kappa shape index (κ1) is 13.6. The Balaban J connectivity index is 2.18. The van der Waals surface area contributed by atoms with Gasteiger partial charge in [-0.1, -0.05) is 57.9 Å². The summed E-state index contributed by atoms with van der Waals surface area (Å²) in [6, 6.07) is 9.99. The van der Waals surface area contributed by atoms with Gasteiger partial charge in [-0.2, -0.15) is 0 Å². The highest BCUT2D eigenvalue weighted by molar-refractivity contribution is 5.30. The summed E-state index contributed by atoms with van der Waals surface area (Å²) in [7, 11) is 2.10. The largest absolute Gasteiger partial charge is 0.316 e. The van der Waals surface area contributed by atoms with Crippen molar-refractivity contribution in [3.63, 3.8) is 0 Å². The predicted octanol–water partition coefficient (Wildman–Crippen LogP) is 4.23. The number of hydrogen-bond acceptors (Lipinski definition) is 1. The number of hydrogen-bond donors (Lipinski definition) is 1. The first-order chi connectivity index (χ1) is 8.52. The van der Waals surface area contributed by atoms with Gasteiger partial charge >= 0.3 is 0 Å². The highest BCUT2D eigenvalue weighted by atomic mass is 14.9. The Morgan fingerprint density at radius 3 is 2.17 bits per heavy atom. The van der Waals surface area contributed by atoms with E-state index in [1.54, 1.807) is 0 Å². The molecule has 0 radical (unpaired) electrons. The van der Waals surface area contributed by atoms with Crippen LogP contribution in [0, 0.1) is 0 Å². The molecule has 1 fully saturated rings. The molecule has 1 heteroatoms. The number of nitrogens with one attached hydrogen (secondary N) is 1. The van der Waals surface area contributed by atoms with E-state index in [0.717, 1.165) is 0 Å². The smallest absolute Gasteiger partial charge is 0.0133 e. The molecule has 0 saturated heterocycles. The summed E-state index contributed by atoms with van der Waals surface area (Å²) >= 11 is 0. The lowest BCUT2D eigenvalue weighted by molar-refractivity contribution is 0.344. The second kappa shape index (κ2) is 5.44. The van der Waals surface area contributed by atoms with E-state index in [0.29, 0.717) is 12.0 Å². The maximum atomic E-state index is 3.50. The van der Waals surface area contributed by atoms with Crippen molar-refractivity contribution >= 4 is 0 Å². The molecule has 2 unspecified atom stereocenters. The molecule has 1 aliphatic carbocycles. The van der Waals surface area contributed by atoms with E-state index in [1.807, 2.05) is 0 Å². The summed E-state index contributed by atoms with van der Waals surface area (Å²) in [5.41, 5.74) is 3.21. The fraction of sp³-hybridized carbons (Fsp3) is 0.647. The first-order valence-electron chi connectivity index (χ1n) is 7.30.